The first kappa shape index (κ1) is 22.3. The number of halogens is 2. The fraction of sp³-hybridized carbons (Fsp3) is 0.280. The van der Waals surface area contributed by atoms with Crippen LogP contribution < -0.4 is 5.56 Å². The van der Waals surface area contributed by atoms with Crippen LogP contribution >= 0.6 is 11.6 Å². The lowest BCUT2D eigenvalue weighted by Gasteiger charge is -2.21. The fourth-order valence-corrected chi connectivity index (χ4v) is 4.69. The van der Waals surface area contributed by atoms with E-state index in [-0.39, 0.29) is 23.8 Å². The number of rotatable bonds is 6. The molecule has 0 saturated heterocycles. The number of hydrogen-bond acceptors (Lipinski definition) is 4. The highest BCUT2D eigenvalue weighted by molar-refractivity contribution is 6.31. The van der Waals surface area contributed by atoms with Crippen molar-refractivity contribution in [1.82, 2.24) is 24.6 Å². The van der Waals surface area contributed by atoms with E-state index >= 15 is 0 Å². The maximum Gasteiger partial charge on any atom is 0.275 e. The van der Waals surface area contributed by atoms with Crippen LogP contribution in [0.15, 0.2) is 47.3 Å². The Morgan fingerprint density at radius 1 is 1.24 bits per heavy atom. The Hall–Kier alpha value is -3.52. The number of para-hydroxylation sites is 1. The third-order valence-corrected chi connectivity index (χ3v) is 6.29. The van der Waals surface area contributed by atoms with Crippen LogP contribution in [0.25, 0.3) is 16.6 Å². The number of nitrogens with zero attached hydrogens (tertiary/aromatic N) is 4. The van der Waals surface area contributed by atoms with Crippen LogP contribution in [0.3, 0.4) is 0 Å². The fourth-order valence-electron chi connectivity index (χ4n) is 4.52. The Kier molecular flexibility index (Phi) is 5.91. The quantitative estimate of drug-likeness (QED) is 0.443. The summed E-state index contributed by atoms with van der Waals surface area (Å²) in [7, 11) is 0. The van der Waals surface area contributed by atoms with Gasteiger partial charge in [-0.3, -0.25) is 9.59 Å². The molecule has 5 rings (SSSR count). The first-order valence-electron chi connectivity index (χ1n) is 11.3. The van der Waals surface area contributed by atoms with Gasteiger partial charge in [0.25, 0.3) is 11.5 Å². The zero-order valence-corrected chi connectivity index (χ0v) is 19.4. The molecule has 1 N–H and O–H groups in total. The Morgan fingerprint density at radius 3 is 2.85 bits per heavy atom. The van der Waals surface area contributed by atoms with Gasteiger partial charge in [0.2, 0.25) is 0 Å². The van der Waals surface area contributed by atoms with Gasteiger partial charge >= 0.3 is 0 Å². The van der Waals surface area contributed by atoms with E-state index in [1.807, 2.05) is 6.92 Å². The Bertz CT molecular complexity index is 1460. The summed E-state index contributed by atoms with van der Waals surface area (Å²) in [5.74, 6) is -0.281. The van der Waals surface area contributed by atoms with Crippen molar-refractivity contribution in [3.8, 4) is 5.69 Å². The average Bonchev–Trinajstić information content (AvgIpc) is 3.42. The molecule has 0 unspecified atom stereocenters. The largest absolute Gasteiger partial charge is 0.330 e. The van der Waals surface area contributed by atoms with Gasteiger partial charge in [0.15, 0.2) is 5.69 Å². The van der Waals surface area contributed by atoms with Gasteiger partial charge in [-0.1, -0.05) is 30.7 Å². The van der Waals surface area contributed by atoms with Crippen molar-refractivity contribution < 1.29 is 9.18 Å². The average molecular weight is 480 g/mol. The molecule has 2 heterocycles. The Morgan fingerprint density at radius 2 is 2.06 bits per heavy atom. The van der Waals surface area contributed by atoms with E-state index < -0.39 is 0 Å². The molecule has 4 aromatic rings. The second kappa shape index (κ2) is 9.02. The molecule has 0 fully saturated rings. The molecule has 1 amide bonds. The lowest BCUT2D eigenvalue weighted by molar-refractivity contribution is 0.0731. The van der Waals surface area contributed by atoms with Crippen LogP contribution in [-0.2, 0) is 19.4 Å². The first-order valence-corrected chi connectivity index (χ1v) is 11.7. The molecule has 1 aliphatic rings. The molecule has 0 aliphatic heterocycles. The second-order valence-corrected chi connectivity index (χ2v) is 8.83. The summed E-state index contributed by atoms with van der Waals surface area (Å²) in [6.07, 6.45) is 3.05. The van der Waals surface area contributed by atoms with Gasteiger partial charge in [0, 0.05) is 22.8 Å². The Labute approximate surface area is 200 Å². The van der Waals surface area contributed by atoms with Crippen molar-refractivity contribution in [2.45, 2.75) is 39.2 Å². The number of carbonyl (C=O) groups excluding carboxylic acids is 1. The molecule has 174 valence electrons. The lowest BCUT2D eigenvalue weighted by atomic mass is 10.1. The summed E-state index contributed by atoms with van der Waals surface area (Å²) < 4.78 is 16.1. The third-order valence-electron chi connectivity index (χ3n) is 6.05. The van der Waals surface area contributed by atoms with Crippen LogP contribution in [0.5, 0.6) is 0 Å². The summed E-state index contributed by atoms with van der Waals surface area (Å²) in [6.45, 7) is 2.54. The van der Waals surface area contributed by atoms with Crippen molar-refractivity contribution in [1.29, 1.82) is 0 Å². The summed E-state index contributed by atoms with van der Waals surface area (Å²) in [6, 6.07) is 11.3. The zero-order valence-electron chi connectivity index (χ0n) is 18.6. The highest BCUT2D eigenvalue weighted by Gasteiger charge is 2.30. The predicted molar refractivity (Wildman–Crippen MR) is 128 cm³/mol. The maximum absolute atomic E-state index is 14.5. The molecular formula is C25H23ClFN5O2. The van der Waals surface area contributed by atoms with Gasteiger partial charge in [-0.15, -0.1) is 0 Å². The van der Waals surface area contributed by atoms with Crippen LogP contribution in [-0.4, -0.2) is 37.1 Å². The number of H-pyrrole nitrogens is 1. The van der Waals surface area contributed by atoms with Crippen LogP contribution in [0.2, 0.25) is 5.02 Å². The Balaban J connectivity index is 1.52. The number of aromatic nitrogens is 4. The summed E-state index contributed by atoms with van der Waals surface area (Å²) in [5, 5.41) is 5.47. The van der Waals surface area contributed by atoms with Crippen molar-refractivity contribution in [2.75, 3.05) is 6.54 Å². The topological polar surface area (TPSA) is 83.9 Å². The minimum absolute atomic E-state index is 0.117. The lowest BCUT2D eigenvalue weighted by Crippen LogP contribution is -2.33. The summed E-state index contributed by atoms with van der Waals surface area (Å²) in [4.78, 5) is 35.1. The number of fused-ring (bicyclic) bond motifs is 2. The highest BCUT2D eigenvalue weighted by Crippen LogP contribution is 2.29. The molecule has 9 heteroatoms. The second-order valence-electron chi connectivity index (χ2n) is 8.39. The molecule has 0 atom stereocenters. The van der Waals surface area contributed by atoms with Crippen molar-refractivity contribution in [3.63, 3.8) is 0 Å². The molecule has 7 nitrogen and oxygen atoms in total. The van der Waals surface area contributed by atoms with Gasteiger partial charge in [-0.2, -0.15) is 5.10 Å². The number of carbonyl (C=O) groups is 1. The molecule has 0 bridgehead atoms. The van der Waals surface area contributed by atoms with Crippen LogP contribution in [0.4, 0.5) is 4.39 Å². The molecule has 0 spiro atoms. The third kappa shape index (κ3) is 3.98. The van der Waals surface area contributed by atoms with Gasteiger partial charge < -0.3 is 9.88 Å². The van der Waals surface area contributed by atoms with E-state index in [1.165, 1.54) is 6.07 Å². The molecule has 2 aromatic heterocycles. The minimum Gasteiger partial charge on any atom is -0.330 e. The van der Waals surface area contributed by atoms with Crippen molar-refractivity contribution >= 4 is 28.4 Å². The molecular weight excluding hydrogens is 457 g/mol. The standard InChI is InChI=1S/C25H23ClFN5O2/c1-2-12-31(14-22-28-19-13-15(26)10-11-16(19)24(33)29-22)25(34)23-17-6-5-9-20(17)32(30-23)21-8-4-3-7-18(21)27/h3-4,7-8,10-11,13H,2,5-6,9,12,14H2,1H3,(H,28,29,33). The maximum atomic E-state index is 14.5. The normalized spacial score (nSPS) is 12.8. The number of amides is 1. The van der Waals surface area contributed by atoms with E-state index in [4.69, 9.17) is 11.6 Å². The smallest absolute Gasteiger partial charge is 0.275 e. The van der Waals surface area contributed by atoms with E-state index in [9.17, 15) is 14.0 Å². The SMILES string of the molecule is CCCN(Cc1nc2cc(Cl)ccc2c(=O)[nH]1)C(=O)c1nn(-c2ccccc2F)c2c1CCC2. The van der Waals surface area contributed by atoms with E-state index in [2.05, 4.69) is 15.1 Å². The van der Waals surface area contributed by atoms with Gasteiger partial charge in [0.1, 0.15) is 17.3 Å². The molecule has 1 aliphatic carbocycles. The molecule has 34 heavy (non-hydrogen) atoms. The molecule has 0 saturated carbocycles. The predicted octanol–water partition coefficient (Wildman–Crippen LogP) is 4.44. The van der Waals surface area contributed by atoms with Crippen LogP contribution in [0, 0.1) is 5.82 Å². The van der Waals surface area contributed by atoms with E-state index in [1.54, 1.807) is 46.0 Å². The van der Waals surface area contributed by atoms with Crippen LogP contribution in [0.1, 0.15) is 47.3 Å². The van der Waals surface area contributed by atoms with E-state index in [0.29, 0.717) is 52.5 Å². The monoisotopic (exact) mass is 479 g/mol. The van der Waals surface area contributed by atoms with Gasteiger partial charge in [0.05, 0.1) is 17.4 Å². The number of hydrogen-bond donors (Lipinski definition) is 1. The number of nitrogens with one attached hydrogen (secondary N) is 1. The summed E-state index contributed by atoms with van der Waals surface area (Å²) in [5.41, 5.74) is 2.58. The number of aromatic amines is 1. The molecule has 2 aromatic carbocycles. The molecule has 0 radical (unpaired) electrons. The summed E-state index contributed by atoms with van der Waals surface area (Å²) >= 11 is 6.07. The zero-order chi connectivity index (χ0) is 23.8. The highest BCUT2D eigenvalue weighted by atomic mass is 35.5. The minimum atomic E-state index is -0.388. The van der Waals surface area contributed by atoms with Crippen molar-refractivity contribution in [2.24, 2.45) is 0 Å². The van der Waals surface area contributed by atoms with E-state index in [0.717, 1.165) is 24.1 Å². The van der Waals surface area contributed by atoms with Gasteiger partial charge in [-0.05, 0) is 56.0 Å². The first-order chi connectivity index (χ1) is 16.5. The number of benzene rings is 2. The van der Waals surface area contributed by atoms with Gasteiger partial charge in [-0.25, -0.2) is 14.1 Å². The van der Waals surface area contributed by atoms with Crippen molar-refractivity contribution in [3.05, 3.63) is 86.4 Å².